The molecule has 20 heavy (non-hydrogen) atoms. The highest BCUT2D eigenvalue weighted by Crippen LogP contribution is 2.17. The highest BCUT2D eigenvalue weighted by molar-refractivity contribution is 5.74. The summed E-state index contributed by atoms with van der Waals surface area (Å²) in [4.78, 5) is 22.8. The van der Waals surface area contributed by atoms with E-state index < -0.39 is 0 Å². The molecular weight excluding hydrogens is 260 g/mol. The summed E-state index contributed by atoms with van der Waals surface area (Å²) in [6.45, 7) is 2.36. The number of rotatable bonds is 8. The lowest BCUT2D eigenvalue weighted by Crippen LogP contribution is -2.10. The van der Waals surface area contributed by atoms with Crippen LogP contribution in [0.15, 0.2) is 24.3 Å². The first-order valence-corrected chi connectivity index (χ1v) is 6.66. The molecule has 0 unspecified atom stereocenters. The Kier molecular flexibility index (Phi) is 7.17. The van der Waals surface area contributed by atoms with Gasteiger partial charge < -0.3 is 14.2 Å². The molecule has 0 aliphatic carbocycles. The van der Waals surface area contributed by atoms with Crippen LogP contribution >= 0.6 is 0 Å². The van der Waals surface area contributed by atoms with Crippen LogP contribution in [-0.4, -0.2) is 25.7 Å². The summed E-state index contributed by atoms with van der Waals surface area (Å²) < 4.78 is 15.0. The van der Waals surface area contributed by atoms with Crippen molar-refractivity contribution in [1.29, 1.82) is 0 Å². The van der Waals surface area contributed by atoms with Gasteiger partial charge in [-0.1, -0.05) is 6.92 Å². The average Bonchev–Trinajstić information content (AvgIpc) is 2.46. The molecule has 0 bridgehead atoms. The van der Waals surface area contributed by atoms with Crippen LogP contribution in [0.3, 0.4) is 0 Å². The number of methoxy groups -OCH3 is 1. The van der Waals surface area contributed by atoms with Crippen molar-refractivity contribution >= 4 is 11.9 Å². The van der Waals surface area contributed by atoms with Gasteiger partial charge in [0.2, 0.25) is 0 Å². The molecule has 0 aromatic heterocycles. The zero-order chi connectivity index (χ0) is 14.8. The van der Waals surface area contributed by atoms with Gasteiger partial charge in [-0.25, -0.2) is 0 Å². The number of esters is 2. The summed E-state index contributed by atoms with van der Waals surface area (Å²) in [5.74, 6) is 0.524. The number of ether oxygens (including phenoxy) is 3. The van der Waals surface area contributed by atoms with E-state index in [1.807, 2.05) is 6.92 Å². The highest BCUT2D eigenvalue weighted by Gasteiger charge is 2.08. The maximum Gasteiger partial charge on any atom is 0.311 e. The normalized spacial score (nSPS) is 9.90. The zero-order valence-electron chi connectivity index (χ0n) is 11.9. The number of carbonyl (C=O) groups is 2. The molecule has 0 fully saturated rings. The van der Waals surface area contributed by atoms with Crippen molar-refractivity contribution in [3.63, 3.8) is 0 Å². The Labute approximate surface area is 118 Å². The van der Waals surface area contributed by atoms with E-state index in [2.05, 4.69) is 0 Å². The van der Waals surface area contributed by atoms with Crippen LogP contribution in [0.5, 0.6) is 11.5 Å². The lowest BCUT2D eigenvalue weighted by molar-refractivity contribution is -0.144. The maximum atomic E-state index is 11.6. The molecule has 0 N–H and O–H groups in total. The topological polar surface area (TPSA) is 61.8 Å². The molecule has 0 amide bonds. The zero-order valence-corrected chi connectivity index (χ0v) is 11.9. The van der Waals surface area contributed by atoms with Gasteiger partial charge in [0.05, 0.1) is 13.7 Å². The SMILES string of the molecule is CCCOC(=O)CCCC(=O)Oc1ccc(OC)cc1. The highest BCUT2D eigenvalue weighted by atomic mass is 16.5. The standard InChI is InChI=1S/C15H20O5/c1-3-11-19-14(16)5-4-6-15(17)20-13-9-7-12(18-2)8-10-13/h7-10H,3-6,11H2,1-2H3. The first-order valence-electron chi connectivity index (χ1n) is 6.66. The van der Waals surface area contributed by atoms with E-state index in [-0.39, 0.29) is 24.8 Å². The van der Waals surface area contributed by atoms with Crippen LogP contribution < -0.4 is 9.47 Å². The third-order valence-electron chi connectivity index (χ3n) is 2.52. The second-order valence-electron chi connectivity index (χ2n) is 4.22. The molecule has 110 valence electrons. The first-order chi connectivity index (χ1) is 9.65. The number of hydrogen-bond donors (Lipinski definition) is 0. The number of hydrogen-bond acceptors (Lipinski definition) is 5. The summed E-state index contributed by atoms with van der Waals surface area (Å²) in [7, 11) is 1.57. The second-order valence-corrected chi connectivity index (χ2v) is 4.22. The summed E-state index contributed by atoms with van der Waals surface area (Å²) >= 11 is 0. The summed E-state index contributed by atoms with van der Waals surface area (Å²) in [5.41, 5.74) is 0. The Hall–Kier alpha value is -2.04. The molecule has 0 spiro atoms. The van der Waals surface area contributed by atoms with Crippen molar-refractivity contribution in [3.05, 3.63) is 24.3 Å². The smallest absolute Gasteiger partial charge is 0.311 e. The Bertz CT molecular complexity index is 424. The van der Waals surface area contributed by atoms with Crippen molar-refractivity contribution in [2.24, 2.45) is 0 Å². The van der Waals surface area contributed by atoms with Gasteiger partial charge in [0.15, 0.2) is 0 Å². The third kappa shape index (κ3) is 6.22. The van der Waals surface area contributed by atoms with Crippen LogP contribution in [0, 0.1) is 0 Å². The minimum absolute atomic E-state index is 0.188. The molecule has 0 atom stereocenters. The van der Waals surface area contributed by atoms with E-state index in [9.17, 15) is 9.59 Å². The minimum atomic E-state index is -0.363. The lowest BCUT2D eigenvalue weighted by Gasteiger charge is -2.05. The van der Waals surface area contributed by atoms with E-state index in [0.29, 0.717) is 24.5 Å². The molecular formula is C15H20O5. The Morgan fingerprint density at radius 1 is 1.00 bits per heavy atom. The fourth-order valence-corrected chi connectivity index (χ4v) is 1.49. The van der Waals surface area contributed by atoms with Crippen molar-refractivity contribution in [2.75, 3.05) is 13.7 Å². The van der Waals surface area contributed by atoms with Crippen LogP contribution in [0.1, 0.15) is 32.6 Å². The van der Waals surface area contributed by atoms with E-state index in [1.165, 1.54) is 0 Å². The molecule has 0 aliphatic heterocycles. The molecule has 0 aliphatic rings. The molecule has 0 saturated carbocycles. The van der Waals surface area contributed by atoms with Crippen LogP contribution in [0.2, 0.25) is 0 Å². The predicted octanol–water partition coefficient (Wildman–Crippen LogP) is 2.72. The van der Waals surface area contributed by atoms with Crippen LogP contribution in [0.25, 0.3) is 0 Å². The molecule has 1 aromatic rings. The maximum absolute atomic E-state index is 11.6. The average molecular weight is 280 g/mol. The van der Waals surface area contributed by atoms with Gasteiger partial charge >= 0.3 is 11.9 Å². The molecule has 5 nitrogen and oxygen atoms in total. The van der Waals surface area contributed by atoms with Gasteiger partial charge in [-0.2, -0.15) is 0 Å². The Morgan fingerprint density at radius 3 is 2.20 bits per heavy atom. The number of carbonyl (C=O) groups excluding carboxylic acids is 2. The van der Waals surface area contributed by atoms with Gasteiger partial charge in [0, 0.05) is 12.8 Å². The second kappa shape index (κ2) is 8.96. The van der Waals surface area contributed by atoms with E-state index in [0.717, 1.165) is 6.42 Å². The molecule has 0 radical (unpaired) electrons. The van der Waals surface area contributed by atoms with Crippen molar-refractivity contribution in [2.45, 2.75) is 32.6 Å². The Morgan fingerprint density at radius 2 is 1.60 bits per heavy atom. The summed E-state index contributed by atoms with van der Waals surface area (Å²) in [6, 6.07) is 6.74. The summed E-state index contributed by atoms with van der Waals surface area (Å²) in [5, 5.41) is 0. The van der Waals surface area contributed by atoms with Crippen molar-refractivity contribution < 1.29 is 23.8 Å². The molecule has 1 aromatic carbocycles. The monoisotopic (exact) mass is 280 g/mol. The number of benzene rings is 1. The van der Waals surface area contributed by atoms with Crippen LogP contribution in [0.4, 0.5) is 0 Å². The fourth-order valence-electron chi connectivity index (χ4n) is 1.49. The quantitative estimate of drug-likeness (QED) is 0.541. The molecule has 0 heterocycles. The molecule has 0 saturated heterocycles. The fraction of sp³-hybridized carbons (Fsp3) is 0.467. The van der Waals surface area contributed by atoms with E-state index in [1.54, 1.807) is 31.4 Å². The predicted molar refractivity (Wildman–Crippen MR) is 73.7 cm³/mol. The largest absolute Gasteiger partial charge is 0.497 e. The van der Waals surface area contributed by atoms with Gasteiger partial charge in [-0.3, -0.25) is 9.59 Å². The first kappa shape index (κ1) is 16.0. The van der Waals surface area contributed by atoms with Crippen molar-refractivity contribution in [3.8, 4) is 11.5 Å². The lowest BCUT2D eigenvalue weighted by atomic mass is 10.2. The van der Waals surface area contributed by atoms with Gasteiger partial charge in [0.25, 0.3) is 0 Å². The van der Waals surface area contributed by atoms with Crippen LogP contribution in [-0.2, 0) is 14.3 Å². The Balaban J connectivity index is 2.24. The summed E-state index contributed by atoms with van der Waals surface area (Å²) in [6.07, 6.45) is 1.65. The van der Waals surface area contributed by atoms with Crippen molar-refractivity contribution in [1.82, 2.24) is 0 Å². The minimum Gasteiger partial charge on any atom is -0.497 e. The van der Waals surface area contributed by atoms with Gasteiger partial charge in [-0.15, -0.1) is 0 Å². The van der Waals surface area contributed by atoms with Gasteiger partial charge in [-0.05, 0) is 37.1 Å². The molecule has 1 rings (SSSR count). The molecule has 5 heteroatoms. The van der Waals surface area contributed by atoms with E-state index in [4.69, 9.17) is 14.2 Å². The third-order valence-corrected chi connectivity index (χ3v) is 2.52. The van der Waals surface area contributed by atoms with E-state index >= 15 is 0 Å². The van der Waals surface area contributed by atoms with Gasteiger partial charge in [0.1, 0.15) is 11.5 Å².